The molecule has 0 atom stereocenters. The van der Waals surface area contributed by atoms with Crippen molar-refractivity contribution in [2.45, 2.75) is 19.5 Å². The summed E-state index contributed by atoms with van der Waals surface area (Å²) in [6, 6.07) is 14.7. The molecule has 8 nitrogen and oxygen atoms in total. The van der Waals surface area contributed by atoms with Crippen molar-refractivity contribution in [2.75, 3.05) is 0 Å². The molecule has 36 heavy (non-hydrogen) atoms. The molecule has 0 fully saturated rings. The van der Waals surface area contributed by atoms with Gasteiger partial charge in [-0.3, -0.25) is 9.89 Å². The number of aromatic nitrogens is 2. The van der Waals surface area contributed by atoms with Crippen LogP contribution >= 0.6 is 0 Å². The highest BCUT2D eigenvalue weighted by Gasteiger charge is 2.30. The van der Waals surface area contributed by atoms with Crippen LogP contribution in [-0.2, 0) is 12.6 Å². The average molecular weight is 496 g/mol. The van der Waals surface area contributed by atoms with E-state index in [-0.39, 0.29) is 33.9 Å². The number of aryl methyl sites for hydroxylation is 1. The minimum Gasteiger partial charge on any atom is -0.507 e. The molecular formula is C25H19F3N4O4. The quantitative estimate of drug-likeness (QED) is 0.274. The van der Waals surface area contributed by atoms with Crippen LogP contribution in [0.5, 0.6) is 5.75 Å². The Labute approximate surface area is 202 Å². The Balaban J connectivity index is 1.82. The van der Waals surface area contributed by atoms with Crippen molar-refractivity contribution in [3.63, 3.8) is 0 Å². The van der Waals surface area contributed by atoms with E-state index in [2.05, 4.69) is 15.3 Å². The number of aromatic hydroxyl groups is 1. The molecule has 1 heterocycles. The molecule has 0 spiro atoms. The molecule has 0 aliphatic rings. The van der Waals surface area contributed by atoms with Crippen LogP contribution in [0.15, 0.2) is 81.8 Å². The summed E-state index contributed by atoms with van der Waals surface area (Å²) in [6.45, 7) is 1.74. The number of carboxylic acids is 1. The fraction of sp³-hybridized carbons (Fsp3) is 0.120. The Morgan fingerprint density at radius 2 is 1.58 bits per heavy atom. The third-order valence-electron chi connectivity index (χ3n) is 5.46. The number of azo groups is 1. The van der Waals surface area contributed by atoms with E-state index >= 15 is 0 Å². The van der Waals surface area contributed by atoms with Crippen LogP contribution in [0.2, 0.25) is 0 Å². The summed E-state index contributed by atoms with van der Waals surface area (Å²) >= 11 is 0. The fourth-order valence-electron chi connectivity index (χ4n) is 3.65. The second kappa shape index (κ2) is 9.53. The number of hydrogen-bond acceptors (Lipinski definition) is 5. The lowest BCUT2D eigenvalue weighted by Crippen LogP contribution is -2.14. The van der Waals surface area contributed by atoms with Gasteiger partial charge in [0.1, 0.15) is 11.4 Å². The number of nitrogens with one attached hydrogen (secondary N) is 1. The molecule has 0 saturated heterocycles. The number of carbonyl (C=O) groups is 1. The van der Waals surface area contributed by atoms with Gasteiger partial charge >= 0.3 is 12.1 Å². The number of nitrogens with zero attached hydrogens (tertiary/aromatic N) is 3. The Bertz CT molecular complexity index is 1520. The molecule has 0 bridgehead atoms. The van der Waals surface area contributed by atoms with Gasteiger partial charge in [0.05, 0.1) is 22.5 Å². The number of aromatic carboxylic acids is 1. The zero-order valence-electron chi connectivity index (χ0n) is 18.7. The normalized spacial score (nSPS) is 11.8. The van der Waals surface area contributed by atoms with Gasteiger partial charge in [0, 0.05) is 11.1 Å². The number of hydrogen-bond donors (Lipinski definition) is 3. The number of alkyl halides is 3. The Hall–Kier alpha value is -4.67. The van der Waals surface area contributed by atoms with Gasteiger partial charge in [-0.25, -0.2) is 9.48 Å². The maximum absolute atomic E-state index is 13.1. The van der Waals surface area contributed by atoms with E-state index in [4.69, 9.17) is 0 Å². The van der Waals surface area contributed by atoms with Crippen LogP contribution < -0.4 is 5.56 Å². The molecule has 3 N–H and O–H groups in total. The third kappa shape index (κ3) is 4.63. The molecule has 0 radical (unpaired) electrons. The van der Waals surface area contributed by atoms with E-state index in [0.29, 0.717) is 17.7 Å². The first kappa shape index (κ1) is 24.5. The van der Waals surface area contributed by atoms with Gasteiger partial charge in [-0.15, -0.1) is 10.2 Å². The number of rotatable bonds is 6. The van der Waals surface area contributed by atoms with Crippen molar-refractivity contribution >= 4 is 17.3 Å². The number of phenolic OH excluding ortho intramolecular Hbond substituents is 1. The molecule has 4 rings (SSSR count). The summed E-state index contributed by atoms with van der Waals surface area (Å²) < 4.78 is 39.7. The maximum atomic E-state index is 13.1. The van der Waals surface area contributed by atoms with Crippen LogP contribution in [0.4, 0.5) is 24.5 Å². The van der Waals surface area contributed by atoms with Crippen LogP contribution in [0.1, 0.15) is 28.5 Å². The van der Waals surface area contributed by atoms with Gasteiger partial charge in [-0.2, -0.15) is 13.2 Å². The minimum atomic E-state index is -4.52. The van der Waals surface area contributed by atoms with E-state index in [0.717, 1.165) is 28.9 Å². The van der Waals surface area contributed by atoms with E-state index in [9.17, 15) is 33.0 Å². The first-order valence-corrected chi connectivity index (χ1v) is 10.7. The number of aromatic amines is 1. The lowest BCUT2D eigenvalue weighted by Gasteiger charge is -2.09. The average Bonchev–Trinajstić information content (AvgIpc) is 3.17. The van der Waals surface area contributed by atoms with Crippen molar-refractivity contribution in [3.05, 3.63) is 93.9 Å². The van der Waals surface area contributed by atoms with Crippen molar-refractivity contribution in [2.24, 2.45) is 10.2 Å². The van der Waals surface area contributed by atoms with Gasteiger partial charge in [0.25, 0.3) is 5.56 Å². The van der Waals surface area contributed by atoms with Crippen LogP contribution in [0.25, 0.3) is 16.8 Å². The molecular weight excluding hydrogens is 477 g/mol. The van der Waals surface area contributed by atoms with Crippen LogP contribution in [-0.4, -0.2) is 26.0 Å². The molecule has 0 unspecified atom stereocenters. The van der Waals surface area contributed by atoms with E-state index < -0.39 is 23.3 Å². The van der Waals surface area contributed by atoms with Crippen molar-refractivity contribution in [1.82, 2.24) is 9.78 Å². The molecule has 1 aromatic heterocycles. The second-order valence-corrected chi connectivity index (χ2v) is 7.70. The van der Waals surface area contributed by atoms with Gasteiger partial charge in [0.2, 0.25) is 0 Å². The summed E-state index contributed by atoms with van der Waals surface area (Å²) in [5, 5.41) is 30.9. The smallest absolute Gasteiger partial charge is 0.416 e. The van der Waals surface area contributed by atoms with Gasteiger partial charge < -0.3 is 10.2 Å². The van der Waals surface area contributed by atoms with Crippen molar-refractivity contribution in [1.29, 1.82) is 0 Å². The molecule has 3 aromatic carbocycles. The first-order chi connectivity index (χ1) is 17.1. The van der Waals surface area contributed by atoms with E-state index in [1.807, 2.05) is 0 Å². The molecule has 0 aliphatic heterocycles. The molecule has 4 aromatic rings. The summed E-state index contributed by atoms with van der Waals surface area (Å²) in [7, 11) is 0. The van der Waals surface area contributed by atoms with Crippen molar-refractivity contribution < 1.29 is 28.2 Å². The lowest BCUT2D eigenvalue weighted by molar-refractivity contribution is -0.137. The fourth-order valence-corrected chi connectivity index (χ4v) is 3.65. The third-order valence-corrected chi connectivity index (χ3v) is 5.46. The van der Waals surface area contributed by atoms with Gasteiger partial charge in [-0.05, 0) is 42.8 Å². The molecule has 0 aliphatic carbocycles. The highest BCUT2D eigenvalue weighted by molar-refractivity contribution is 5.98. The van der Waals surface area contributed by atoms with Gasteiger partial charge in [-0.1, -0.05) is 37.3 Å². The standard InChI is InChI=1S/C25H19F3N4O4/c1-2-19-22(23(34)32(31-19)15-12-10-14(11-13-15)25(26,27)28)30-29-21-17(7-5-8-18(21)24(35)36)16-6-3-4-9-20(16)33/h3-13,31,33H,2H2,1H3,(H,35,36). The maximum Gasteiger partial charge on any atom is 0.416 e. The zero-order valence-corrected chi connectivity index (χ0v) is 18.7. The summed E-state index contributed by atoms with van der Waals surface area (Å²) in [6.07, 6.45) is -4.21. The monoisotopic (exact) mass is 496 g/mol. The van der Waals surface area contributed by atoms with E-state index in [1.165, 1.54) is 18.2 Å². The molecule has 0 saturated carbocycles. The zero-order chi connectivity index (χ0) is 26.0. The number of carboxylic acid groups (broad SMARTS) is 1. The van der Waals surface area contributed by atoms with Crippen LogP contribution in [0, 0.1) is 0 Å². The topological polar surface area (TPSA) is 120 Å². The Morgan fingerprint density at radius 1 is 0.944 bits per heavy atom. The number of H-pyrrole nitrogens is 1. The van der Waals surface area contributed by atoms with E-state index in [1.54, 1.807) is 31.2 Å². The van der Waals surface area contributed by atoms with Crippen LogP contribution in [0.3, 0.4) is 0 Å². The Kier molecular flexibility index (Phi) is 6.47. The lowest BCUT2D eigenvalue weighted by atomic mass is 9.99. The number of para-hydroxylation sites is 1. The van der Waals surface area contributed by atoms with Crippen molar-refractivity contribution in [3.8, 4) is 22.6 Å². The highest BCUT2D eigenvalue weighted by atomic mass is 19.4. The predicted octanol–water partition coefficient (Wildman–Crippen LogP) is 6.23. The molecule has 0 amide bonds. The number of phenols is 1. The van der Waals surface area contributed by atoms with Gasteiger partial charge in [0.15, 0.2) is 5.69 Å². The summed E-state index contributed by atoms with van der Waals surface area (Å²) in [5.41, 5.74) is -0.816. The second-order valence-electron chi connectivity index (χ2n) is 7.70. The number of halogens is 3. The predicted molar refractivity (Wildman–Crippen MR) is 125 cm³/mol. The summed E-state index contributed by atoms with van der Waals surface area (Å²) in [5.74, 6) is -1.38. The molecule has 184 valence electrons. The highest BCUT2D eigenvalue weighted by Crippen LogP contribution is 2.39. The summed E-state index contributed by atoms with van der Waals surface area (Å²) in [4.78, 5) is 24.9. The SMILES string of the molecule is CCc1[nH]n(-c2ccc(C(F)(F)F)cc2)c(=O)c1N=Nc1c(C(=O)O)cccc1-c1ccccc1O. The Morgan fingerprint density at radius 3 is 2.19 bits per heavy atom. The molecule has 11 heteroatoms. The number of benzene rings is 3. The largest absolute Gasteiger partial charge is 0.507 e. The minimum absolute atomic E-state index is 0.0739. The first-order valence-electron chi connectivity index (χ1n) is 10.7.